The van der Waals surface area contributed by atoms with Crippen LogP contribution >= 0.6 is 0 Å². The zero-order valence-corrected chi connectivity index (χ0v) is 10.8. The molecule has 84 valence electrons. The van der Waals surface area contributed by atoms with Crippen molar-refractivity contribution in [1.82, 2.24) is 0 Å². The molecule has 0 saturated carbocycles. The molecule has 0 heterocycles. The molecule has 0 amide bonds. The molecule has 1 aromatic rings. The number of rotatable bonds is 6. The van der Waals surface area contributed by atoms with Gasteiger partial charge in [0.15, 0.2) is 0 Å². The Balaban J connectivity index is 2.74. The first kappa shape index (κ1) is 12.4. The topological polar surface area (TPSA) is 18.5 Å². The van der Waals surface area contributed by atoms with Crippen molar-refractivity contribution in [2.75, 3.05) is 13.7 Å². The van der Waals surface area contributed by atoms with Gasteiger partial charge < -0.3 is 8.85 Å². The monoisotopic (exact) mass is 224 g/mol. The maximum atomic E-state index is 5.85. The van der Waals surface area contributed by atoms with E-state index in [1.165, 1.54) is 5.56 Å². The summed E-state index contributed by atoms with van der Waals surface area (Å²) in [7, 11) is -0.212. The zero-order valence-electron chi connectivity index (χ0n) is 9.82. The summed E-state index contributed by atoms with van der Waals surface area (Å²) in [6.07, 6.45) is 0. The first-order valence-electron chi connectivity index (χ1n) is 5.49. The summed E-state index contributed by atoms with van der Waals surface area (Å²) in [4.78, 5) is 0. The third kappa shape index (κ3) is 3.45. The van der Waals surface area contributed by atoms with Crippen molar-refractivity contribution in [3.8, 4) is 0 Å². The Morgan fingerprint density at radius 1 is 1.13 bits per heavy atom. The SMILES string of the molecule is CCO[Si](CC)(Cc1ccccc1)OC. The lowest BCUT2D eigenvalue weighted by molar-refractivity contribution is 0.208. The fourth-order valence-corrected chi connectivity index (χ4v) is 4.21. The van der Waals surface area contributed by atoms with Gasteiger partial charge in [-0.2, -0.15) is 0 Å². The van der Waals surface area contributed by atoms with Crippen LogP contribution < -0.4 is 0 Å². The van der Waals surface area contributed by atoms with E-state index in [0.717, 1.165) is 18.7 Å². The lowest BCUT2D eigenvalue weighted by atomic mass is 10.2. The second-order valence-electron chi connectivity index (χ2n) is 3.56. The van der Waals surface area contributed by atoms with Gasteiger partial charge in [0.2, 0.25) is 0 Å². The van der Waals surface area contributed by atoms with Crippen molar-refractivity contribution in [3.05, 3.63) is 35.9 Å². The van der Waals surface area contributed by atoms with Crippen molar-refractivity contribution in [2.24, 2.45) is 0 Å². The Labute approximate surface area is 93.5 Å². The minimum absolute atomic E-state index is 0.737. The second-order valence-corrected chi connectivity index (χ2v) is 7.14. The van der Waals surface area contributed by atoms with Crippen molar-refractivity contribution in [1.29, 1.82) is 0 Å². The molecule has 0 spiro atoms. The highest BCUT2D eigenvalue weighted by molar-refractivity contribution is 6.66. The smallest absolute Gasteiger partial charge is 0.342 e. The quantitative estimate of drug-likeness (QED) is 0.692. The predicted octanol–water partition coefficient (Wildman–Crippen LogP) is 2.91. The Morgan fingerprint density at radius 2 is 1.80 bits per heavy atom. The molecule has 0 aliphatic carbocycles. The minimum Gasteiger partial charge on any atom is -0.397 e. The zero-order chi connectivity index (χ0) is 11.1. The predicted molar refractivity (Wildman–Crippen MR) is 65.0 cm³/mol. The fourth-order valence-electron chi connectivity index (χ4n) is 1.72. The highest BCUT2D eigenvalue weighted by Gasteiger charge is 2.34. The third-order valence-electron chi connectivity index (χ3n) is 2.63. The molecule has 0 fully saturated rings. The van der Waals surface area contributed by atoms with Crippen LogP contribution in [0.15, 0.2) is 30.3 Å². The van der Waals surface area contributed by atoms with Gasteiger partial charge in [-0.1, -0.05) is 37.3 Å². The summed E-state index contributed by atoms with van der Waals surface area (Å²) >= 11 is 0. The van der Waals surface area contributed by atoms with Gasteiger partial charge >= 0.3 is 8.56 Å². The van der Waals surface area contributed by atoms with E-state index < -0.39 is 8.56 Å². The molecule has 0 radical (unpaired) electrons. The minimum atomic E-state index is -1.98. The van der Waals surface area contributed by atoms with Gasteiger partial charge in [0.05, 0.1) is 0 Å². The van der Waals surface area contributed by atoms with Gasteiger partial charge in [0, 0.05) is 19.8 Å². The van der Waals surface area contributed by atoms with Gasteiger partial charge in [-0.15, -0.1) is 0 Å². The number of benzene rings is 1. The summed E-state index contributed by atoms with van der Waals surface area (Å²) in [5.74, 6) is 0. The van der Waals surface area contributed by atoms with Crippen molar-refractivity contribution < 1.29 is 8.85 Å². The van der Waals surface area contributed by atoms with Crippen molar-refractivity contribution in [3.63, 3.8) is 0 Å². The van der Waals surface area contributed by atoms with Gasteiger partial charge in [-0.25, -0.2) is 0 Å². The summed E-state index contributed by atoms with van der Waals surface area (Å²) in [5.41, 5.74) is 1.31. The molecule has 3 heteroatoms. The van der Waals surface area contributed by atoms with E-state index in [9.17, 15) is 0 Å². The molecule has 0 aromatic heterocycles. The van der Waals surface area contributed by atoms with Crippen LogP contribution in [0.2, 0.25) is 6.04 Å². The number of hydrogen-bond acceptors (Lipinski definition) is 2. The van der Waals surface area contributed by atoms with Crippen molar-refractivity contribution >= 4 is 8.56 Å². The van der Waals surface area contributed by atoms with Crippen LogP contribution in [0.5, 0.6) is 0 Å². The van der Waals surface area contributed by atoms with Gasteiger partial charge in [0.1, 0.15) is 0 Å². The molecular weight excluding hydrogens is 204 g/mol. The van der Waals surface area contributed by atoms with Crippen LogP contribution in [0.1, 0.15) is 19.4 Å². The van der Waals surface area contributed by atoms with E-state index in [0.29, 0.717) is 0 Å². The molecule has 2 nitrogen and oxygen atoms in total. The van der Waals surface area contributed by atoms with E-state index >= 15 is 0 Å². The summed E-state index contributed by atoms with van der Waals surface area (Å²) in [5, 5.41) is 0. The van der Waals surface area contributed by atoms with Crippen LogP contribution in [-0.2, 0) is 14.9 Å². The molecule has 0 aliphatic heterocycles. The molecule has 0 saturated heterocycles. The molecular formula is C12H20O2Si. The number of hydrogen-bond donors (Lipinski definition) is 0. The molecule has 15 heavy (non-hydrogen) atoms. The third-order valence-corrected chi connectivity index (χ3v) is 6.22. The Morgan fingerprint density at radius 3 is 2.27 bits per heavy atom. The van der Waals surface area contributed by atoms with E-state index in [4.69, 9.17) is 8.85 Å². The van der Waals surface area contributed by atoms with E-state index in [-0.39, 0.29) is 0 Å². The van der Waals surface area contributed by atoms with Crippen LogP contribution in [0, 0.1) is 0 Å². The maximum Gasteiger partial charge on any atom is 0.342 e. The van der Waals surface area contributed by atoms with E-state index in [2.05, 4.69) is 31.2 Å². The summed E-state index contributed by atoms with van der Waals surface area (Å²) in [6, 6.07) is 12.4. The highest BCUT2D eigenvalue weighted by Crippen LogP contribution is 2.18. The summed E-state index contributed by atoms with van der Waals surface area (Å²) in [6.45, 7) is 4.91. The maximum absolute atomic E-state index is 5.85. The van der Waals surface area contributed by atoms with Crippen LogP contribution in [0.3, 0.4) is 0 Å². The lowest BCUT2D eigenvalue weighted by Gasteiger charge is -2.27. The molecule has 1 aromatic carbocycles. The molecule has 1 atom stereocenters. The largest absolute Gasteiger partial charge is 0.397 e. The van der Waals surface area contributed by atoms with Crippen molar-refractivity contribution in [2.45, 2.75) is 25.9 Å². The molecule has 1 unspecified atom stereocenters. The standard InChI is InChI=1S/C12H20O2Si/c1-4-14-15(5-2,13-3)11-12-9-7-6-8-10-12/h6-10H,4-5,11H2,1-3H3. The molecule has 0 N–H and O–H groups in total. The van der Waals surface area contributed by atoms with Crippen LogP contribution in [0.4, 0.5) is 0 Å². The van der Waals surface area contributed by atoms with Gasteiger partial charge in [-0.05, 0) is 18.5 Å². The lowest BCUT2D eigenvalue weighted by Crippen LogP contribution is -2.43. The van der Waals surface area contributed by atoms with Crippen LogP contribution in [0.25, 0.3) is 0 Å². The van der Waals surface area contributed by atoms with Gasteiger partial charge in [0.25, 0.3) is 0 Å². The molecule has 0 bridgehead atoms. The normalized spacial score (nSPS) is 14.9. The fraction of sp³-hybridized carbons (Fsp3) is 0.500. The van der Waals surface area contributed by atoms with E-state index in [1.807, 2.05) is 13.0 Å². The second kappa shape index (κ2) is 6.05. The molecule has 0 aliphatic rings. The Bertz CT molecular complexity index is 270. The van der Waals surface area contributed by atoms with Gasteiger partial charge in [-0.3, -0.25) is 0 Å². The molecule has 1 rings (SSSR count). The highest BCUT2D eigenvalue weighted by atomic mass is 28.4. The van der Waals surface area contributed by atoms with E-state index in [1.54, 1.807) is 7.11 Å². The van der Waals surface area contributed by atoms with Crippen LogP contribution in [-0.4, -0.2) is 22.3 Å². The first-order valence-corrected chi connectivity index (χ1v) is 7.72. The Kier molecular flexibility index (Phi) is 5.01. The average Bonchev–Trinajstić information content (AvgIpc) is 2.30. The average molecular weight is 224 g/mol. The summed E-state index contributed by atoms with van der Waals surface area (Å²) < 4.78 is 11.5. The Hall–Kier alpha value is -0.643. The first-order chi connectivity index (χ1) is 7.26.